The zero-order valence-corrected chi connectivity index (χ0v) is 12.4. The minimum atomic E-state index is -0.373. The maximum Gasteiger partial charge on any atom is 0.278 e. The van der Waals surface area contributed by atoms with Crippen LogP contribution in [0.2, 0.25) is 5.15 Å². The first kappa shape index (κ1) is 13.9. The summed E-state index contributed by atoms with van der Waals surface area (Å²) in [5, 5.41) is 0.0162. The van der Waals surface area contributed by atoms with Crippen molar-refractivity contribution in [2.45, 2.75) is 6.54 Å². The molecule has 2 rings (SSSR count). The first-order chi connectivity index (χ1) is 9.02. The fourth-order valence-electron chi connectivity index (χ4n) is 1.65. The van der Waals surface area contributed by atoms with Gasteiger partial charge in [-0.15, -0.1) is 0 Å². The van der Waals surface area contributed by atoms with E-state index in [0.717, 1.165) is 10.0 Å². The first-order valence-corrected chi connectivity index (χ1v) is 6.53. The van der Waals surface area contributed by atoms with Gasteiger partial charge in [0.15, 0.2) is 5.15 Å². The third-order valence-electron chi connectivity index (χ3n) is 2.61. The highest BCUT2D eigenvalue weighted by Crippen LogP contribution is 2.23. The number of ether oxygens (including phenoxy) is 1. The number of benzene rings is 1. The topological polar surface area (TPSA) is 70.1 Å². The van der Waals surface area contributed by atoms with Crippen LogP contribution < -0.4 is 16.0 Å². The van der Waals surface area contributed by atoms with Crippen LogP contribution in [0.25, 0.3) is 0 Å². The molecule has 0 atom stereocenters. The number of methoxy groups -OCH3 is 1. The Morgan fingerprint density at radius 3 is 2.95 bits per heavy atom. The molecule has 0 aliphatic rings. The quantitative estimate of drug-likeness (QED) is 0.867. The third kappa shape index (κ3) is 2.90. The van der Waals surface area contributed by atoms with Crippen LogP contribution in [0.4, 0.5) is 5.69 Å². The van der Waals surface area contributed by atoms with E-state index in [1.807, 2.05) is 18.2 Å². The molecule has 0 bridgehead atoms. The van der Waals surface area contributed by atoms with Gasteiger partial charge in [0, 0.05) is 10.0 Å². The van der Waals surface area contributed by atoms with E-state index in [1.165, 1.54) is 10.9 Å². The highest BCUT2D eigenvalue weighted by molar-refractivity contribution is 9.10. The molecule has 0 unspecified atom stereocenters. The zero-order valence-electron chi connectivity index (χ0n) is 10.1. The maximum atomic E-state index is 11.9. The number of aromatic nitrogens is 2. The number of nitrogens with two attached hydrogens (primary N) is 1. The Hall–Kier alpha value is -1.53. The number of nitrogens with zero attached hydrogens (tertiary/aromatic N) is 2. The van der Waals surface area contributed by atoms with Gasteiger partial charge in [-0.1, -0.05) is 27.5 Å². The van der Waals surface area contributed by atoms with E-state index in [-0.39, 0.29) is 16.4 Å². The number of hydrogen-bond donors (Lipinski definition) is 1. The molecule has 5 nitrogen and oxygen atoms in total. The first-order valence-electron chi connectivity index (χ1n) is 5.35. The van der Waals surface area contributed by atoms with Crippen molar-refractivity contribution >= 4 is 33.2 Å². The molecule has 0 aliphatic heterocycles. The molecule has 0 amide bonds. The lowest BCUT2D eigenvalue weighted by Crippen LogP contribution is -2.24. The van der Waals surface area contributed by atoms with Crippen LogP contribution in [0.3, 0.4) is 0 Å². The molecular weight excluding hydrogens is 334 g/mol. The van der Waals surface area contributed by atoms with Crippen LogP contribution in [0.15, 0.2) is 33.8 Å². The SMILES string of the molecule is COc1ccc(Br)cc1Cn1cnc(Cl)c(N)c1=O. The van der Waals surface area contributed by atoms with Gasteiger partial charge in [-0.25, -0.2) is 4.98 Å². The van der Waals surface area contributed by atoms with Crippen molar-refractivity contribution < 1.29 is 4.74 Å². The van der Waals surface area contributed by atoms with Crippen molar-refractivity contribution in [3.63, 3.8) is 0 Å². The van der Waals surface area contributed by atoms with Crippen molar-refractivity contribution in [3.8, 4) is 5.75 Å². The minimum absolute atomic E-state index is 0.0162. The van der Waals surface area contributed by atoms with Crippen molar-refractivity contribution in [3.05, 3.63) is 50.1 Å². The monoisotopic (exact) mass is 343 g/mol. The summed E-state index contributed by atoms with van der Waals surface area (Å²) in [7, 11) is 1.57. The smallest absolute Gasteiger partial charge is 0.278 e. The second kappa shape index (κ2) is 5.63. The second-order valence-electron chi connectivity index (χ2n) is 3.84. The average Bonchev–Trinajstić information content (AvgIpc) is 2.40. The summed E-state index contributed by atoms with van der Waals surface area (Å²) in [6, 6.07) is 5.55. The summed E-state index contributed by atoms with van der Waals surface area (Å²) in [5.41, 5.74) is 5.97. The number of anilines is 1. The van der Waals surface area contributed by atoms with Crippen molar-refractivity contribution in [2.24, 2.45) is 0 Å². The van der Waals surface area contributed by atoms with Crippen LogP contribution >= 0.6 is 27.5 Å². The fraction of sp³-hybridized carbons (Fsp3) is 0.167. The molecule has 7 heteroatoms. The molecule has 0 aliphatic carbocycles. The lowest BCUT2D eigenvalue weighted by Gasteiger charge is -2.11. The Balaban J connectivity index is 2.44. The second-order valence-corrected chi connectivity index (χ2v) is 5.11. The van der Waals surface area contributed by atoms with E-state index in [2.05, 4.69) is 20.9 Å². The molecule has 0 spiro atoms. The van der Waals surface area contributed by atoms with E-state index < -0.39 is 0 Å². The average molecular weight is 345 g/mol. The highest BCUT2D eigenvalue weighted by atomic mass is 79.9. The Kier molecular flexibility index (Phi) is 4.11. The Bertz CT molecular complexity index is 673. The normalized spacial score (nSPS) is 10.5. The van der Waals surface area contributed by atoms with Gasteiger partial charge in [0.05, 0.1) is 20.0 Å². The van der Waals surface area contributed by atoms with E-state index >= 15 is 0 Å². The number of rotatable bonds is 3. The molecule has 100 valence electrons. The van der Waals surface area contributed by atoms with Gasteiger partial charge in [0.2, 0.25) is 0 Å². The lowest BCUT2D eigenvalue weighted by atomic mass is 10.2. The summed E-state index contributed by atoms with van der Waals surface area (Å²) in [6.07, 6.45) is 1.36. The van der Waals surface area contributed by atoms with E-state index in [9.17, 15) is 4.79 Å². The van der Waals surface area contributed by atoms with Crippen LogP contribution in [0, 0.1) is 0 Å². The fourth-order valence-corrected chi connectivity index (χ4v) is 2.19. The van der Waals surface area contributed by atoms with Crippen LogP contribution in [-0.2, 0) is 6.54 Å². The number of nitrogen functional groups attached to an aromatic ring is 1. The van der Waals surface area contributed by atoms with E-state index in [1.54, 1.807) is 7.11 Å². The summed E-state index contributed by atoms with van der Waals surface area (Å²) < 4.78 is 7.53. The highest BCUT2D eigenvalue weighted by Gasteiger charge is 2.09. The summed E-state index contributed by atoms with van der Waals surface area (Å²) in [4.78, 5) is 15.8. The van der Waals surface area contributed by atoms with Gasteiger partial charge in [-0.3, -0.25) is 9.36 Å². The molecule has 0 saturated carbocycles. The van der Waals surface area contributed by atoms with Gasteiger partial charge in [-0.2, -0.15) is 0 Å². The van der Waals surface area contributed by atoms with Crippen molar-refractivity contribution in [1.82, 2.24) is 9.55 Å². The minimum Gasteiger partial charge on any atom is -0.496 e. The van der Waals surface area contributed by atoms with Gasteiger partial charge >= 0.3 is 0 Å². The number of halogens is 2. The van der Waals surface area contributed by atoms with E-state index in [4.69, 9.17) is 22.1 Å². The summed E-state index contributed by atoms with van der Waals surface area (Å²) in [5.74, 6) is 0.684. The van der Waals surface area contributed by atoms with Crippen LogP contribution in [0.1, 0.15) is 5.56 Å². The molecule has 0 radical (unpaired) electrons. The predicted octanol–water partition coefficient (Wildman–Crippen LogP) is 2.30. The molecule has 2 aromatic rings. The Labute approximate surface area is 123 Å². The zero-order chi connectivity index (χ0) is 14.0. The predicted molar refractivity (Wildman–Crippen MR) is 77.7 cm³/mol. The van der Waals surface area contributed by atoms with Crippen molar-refractivity contribution in [1.29, 1.82) is 0 Å². The van der Waals surface area contributed by atoms with Gasteiger partial charge < -0.3 is 10.5 Å². The van der Waals surface area contributed by atoms with Crippen LogP contribution in [0.5, 0.6) is 5.75 Å². The Morgan fingerprint density at radius 2 is 2.26 bits per heavy atom. The van der Waals surface area contributed by atoms with Crippen LogP contribution in [-0.4, -0.2) is 16.7 Å². The molecule has 1 aromatic heterocycles. The molecule has 2 N–H and O–H groups in total. The molecular formula is C12H11BrClN3O2. The standard InChI is InChI=1S/C12H11BrClN3O2/c1-19-9-3-2-8(13)4-7(9)5-17-6-16-11(14)10(15)12(17)18/h2-4,6H,5,15H2,1H3. The van der Waals surface area contributed by atoms with Gasteiger partial charge in [0.1, 0.15) is 11.4 Å². The molecule has 1 heterocycles. The largest absolute Gasteiger partial charge is 0.496 e. The molecule has 1 aromatic carbocycles. The van der Waals surface area contributed by atoms with E-state index in [0.29, 0.717) is 12.3 Å². The Morgan fingerprint density at radius 1 is 1.53 bits per heavy atom. The molecule has 0 saturated heterocycles. The van der Waals surface area contributed by atoms with Gasteiger partial charge in [0.25, 0.3) is 5.56 Å². The van der Waals surface area contributed by atoms with Gasteiger partial charge in [-0.05, 0) is 18.2 Å². The lowest BCUT2D eigenvalue weighted by molar-refractivity contribution is 0.408. The molecule has 19 heavy (non-hydrogen) atoms. The summed E-state index contributed by atoms with van der Waals surface area (Å²) >= 11 is 9.07. The molecule has 0 fully saturated rings. The summed E-state index contributed by atoms with van der Waals surface area (Å²) in [6.45, 7) is 0.301. The van der Waals surface area contributed by atoms with Crippen molar-refractivity contribution in [2.75, 3.05) is 12.8 Å². The number of hydrogen-bond acceptors (Lipinski definition) is 4. The maximum absolute atomic E-state index is 11.9. The third-order valence-corrected chi connectivity index (χ3v) is 3.40.